The van der Waals surface area contributed by atoms with Gasteiger partial charge in [-0.15, -0.1) is 0 Å². The number of carbonyl (C=O) groups excluding carboxylic acids is 1. The van der Waals surface area contributed by atoms with E-state index in [9.17, 15) is 22.4 Å². The number of hydrogen-bond acceptors (Lipinski definition) is 9. The summed E-state index contributed by atoms with van der Waals surface area (Å²) >= 11 is 0. The number of likely N-dealkylation sites (tertiary alicyclic amines) is 1. The van der Waals surface area contributed by atoms with Crippen molar-refractivity contribution < 1.29 is 46.5 Å². The highest BCUT2D eigenvalue weighted by molar-refractivity contribution is 5.73. The lowest BCUT2D eigenvalue weighted by Gasteiger charge is -2.31. The predicted molar refractivity (Wildman–Crippen MR) is 128 cm³/mol. The molecule has 0 aromatic carbocycles. The Hall–Kier alpha value is -3.91. The summed E-state index contributed by atoms with van der Waals surface area (Å²) in [5.41, 5.74) is 1.89. The summed E-state index contributed by atoms with van der Waals surface area (Å²) < 4.78 is 62.4. The number of aliphatic carboxylic acids is 1. The van der Waals surface area contributed by atoms with Gasteiger partial charge in [-0.25, -0.2) is 28.9 Å². The maximum Gasteiger partial charge on any atom is 0.490 e. The average Bonchev–Trinajstić information content (AvgIpc) is 3.31. The van der Waals surface area contributed by atoms with E-state index < -0.39 is 23.6 Å². The lowest BCUT2D eigenvalue weighted by Crippen LogP contribution is -2.36. The maximum absolute atomic E-state index is 14.1. The third-order valence-corrected chi connectivity index (χ3v) is 5.63. The van der Waals surface area contributed by atoms with Gasteiger partial charge in [0.25, 0.3) is 0 Å². The number of methoxy groups -OCH3 is 1. The Balaban J connectivity index is 0.000000532. The number of amides is 1. The number of carboxylic acids is 1. The lowest BCUT2D eigenvalue weighted by molar-refractivity contribution is -0.192. The Morgan fingerprint density at radius 3 is 2.38 bits per heavy atom. The standard InChI is InChI=1S/C22H28FN5O4.C2HF3O2/c1-22(2,3)32-21(29)28-7-5-15(11-28)31-19-16-12-27(8-6-18(16)25-13-26-19)14-9-17(23)20(30-4)24-10-14;3-2(4,5)1(6)7/h9-10,13,15H,5-8,11-12H2,1-4H3;(H,6,7)/t15-;/m0./s1. The molecular weight excluding hydrogens is 530 g/mol. The third-order valence-electron chi connectivity index (χ3n) is 5.63. The Labute approximate surface area is 221 Å². The van der Waals surface area contributed by atoms with Gasteiger partial charge in [-0.3, -0.25) is 0 Å². The van der Waals surface area contributed by atoms with E-state index in [0.717, 1.165) is 11.3 Å². The number of halogens is 4. The first-order valence-corrected chi connectivity index (χ1v) is 11.9. The van der Waals surface area contributed by atoms with Gasteiger partial charge < -0.3 is 29.1 Å². The number of hydrogen-bond donors (Lipinski definition) is 1. The molecule has 0 aliphatic carbocycles. The van der Waals surface area contributed by atoms with E-state index in [0.29, 0.717) is 50.6 Å². The van der Waals surface area contributed by atoms with Crippen LogP contribution >= 0.6 is 0 Å². The normalized spacial score (nSPS) is 17.1. The van der Waals surface area contributed by atoms with E-state index in [2.05, 4.69) is 15.0 Å². The molecule has 1 atom stereocenters. The molecule has 39 heavy (non-hydrogen) atoms. The molecule has 0 bridgehead atoms. The highest BCUT2D eigenvalue weighted by Crippen LogP contribution is 2.31. The number of pyridine rings is 1. The second-order valence-electron chi connectivity index (χ2n) is 9.72. The fourth-order valence-electron chi connectivity index (χ4n) is 3.85. The zero-order valence-corrected chi connectivity index (χ0v) is 21.8. The van der Waals surface area contributed by atoms with E-state index in [4.69, 9.17) is 24.1 Å². The second kappa shape index (κ2) is 11.9. The minimum Gasteiger partial charge on any atom is -0.479 e. The molecular formula is C24H29F4N5O6. The van der Waals surface area contributed by atoms with Crippen LogP contribution < -0.4 is 14.4 Å². The Morgan fingerprint density at radius 2 is 1.79 bits per heavy atom. The van der Waals surface area contributed by atoms with Gasteiger partial charge in [-0.1, -0.05) is 0 Å². The minimum absolute atomic E-state index is 0.0331. The number of alkyl halides is 3. The molecule has 4 rings (SSSR count). The van der Waals surface area contributed by atoms with Gasteiger partial charge in [0.15, 0.2) is 5.82 Å². The van der Waals surface area contributed by atoms with E-state index in [-0.39, 0.29) is 18.1 Å². The summed E-state index contributed by atoms with van der Waals surface area (Å²) in [5, 5.41) is 7.12. The summed E-state index contributed by atoms with van der Waals surface area (Å²) in [7, 11) is 1.39. The Kier molecular flexibility index (Phi) is 9.02. The molecule has 1 saturated heterocycles. The number of carbonyl (C=O) groups is 2. The molecule has 0 spiro atoms. The number of aromatic nitrogens is 3. The van der Waals surface area contributed by atoms with Gasteiger partial charge in [-0.05, 0) is 20.8 Å². The number of fused-ring (bicyclic) bond motifs is 1. The van der Waals surface area contributed by atoms with E-state index >= 15 is 0 Å². The highest BCUT2D eigenvalue weighted by Gasteiger charge is 2.38. The van der Waals surface area contributed by atoms with Crippen LogP contribution in [0.5, 0.6) is 11.8 Å². The topological polar surface area (TPSA) is 127 Å². The minimum atomic E-state index is -5.08. The van der Waals surface area contributed by atoms with Crippen molar-refractivity contribution in [3.63, 3.8) is 0 Å². The van der Waals surface area contributed by atoms with Crippen molar-refractivity contribution in [1.29, 1.82) is 0 Å². The zero-order valence-electron chi connectivity index (χ0n) is 21.8. The summed E-state index contributed by atoms with van der Waals surface area (Å²) in [4.78, 5) is 37.7. The molecule has 1 fully saturated rings. The molecule has 1 amide bonds. The number of anilines is 1. The van der Waals surface area contributed by atoms with Crippen LogP contribution in [0.4, 0.5) is 28.0 Å². The highest BCUT2D eigenvalue weighted by atomic mass is 19.4. The average molecular weight is 560 g/mol. The van der Waals surface area contributed by atoms with Gasteiger partial charge in [0, 0.05) is 32.0 Å². The molecule has 15 heteroatoms. The first kappa shape index (κ1) is 29.6. The van der Waals surface area contributed by atoms with Crippen molar-refractivity contribution in [3.8, 4) is 11.8 Å². The van der Waals surface area contributed by atoms with Crippen LogP contribution in [0, 0.1) is 5.82 Å². The van der Waals surface area contributed by atoms with Crippen LogP contribution in [0.3, 0.4) is 0 Å². The predicted octanol–water partition coefficient (Wildman–Crippen LogP) is 3.60. The van der Waals surface area contributed by atoms with Crippen LogP contribution in [-0.4, -0.2) is 81.6 Å². The van der Waals surface area contributed by atoms with Crippen LogP contribution in [0.2, 0.25) is 0 Å². The molecule has 0 unspecified atom stereocenters. The van der Waals surface area contributed by atoms with Crippen molar-refractivity contribution in [3.05, 3.63) is 35.7 Å². The Bertz CT molecular complexity index is 1190. The molecule has 2 aromatic rings. The molecule has 0 radical (unpaired) electrons. The van der Waals surface area contributed by atoms with Gasteiger partial charge >= 0.3 is 18.2 Å². The van der Waals surface area contributed by atoms with Crippen LogP contribution in [0.25, 0.3) is 0 Å². The smallest absolute Gasteiger partial charge is 0.479 e. The number of rotatable bonds is 4. The third kappa shape index (κ3) is 8.04. The van der Waals surface area contributed by atoms with Gasteiger partial charge in [0.1, 0.15) is 18.0 Å². The molecule has 214 valence electrons. The van der Waals surface area contributed by atoms with Crippen LogP contribution in [0.1, 0.15) is 38.4 Å². The van der Waals surface area contributed by atoms with Crippen molar-refractivity contribution in [2.75, 3.05) is 31.6 Å². The van der Waals surface area contributed by atoms with Gasteiger partial charge in [0.2, 0.25) is 11.8 Å². The molecule has 2 aromatic heterocycles. The van der Waals surface area contributed by atoms with Crippen molar-refractivity contribution >= 4 is 17.7 Å². The second-order valence-corrected chi connectivity index (χ2v) is 9.72. The van der Waals surface area contributed by atoms with Gasteiger partial charge in [-0.2, -0.15) is 13.2 Å². The van der Waals surface area contributed by atoms with Gasteiger partial charge in [0.05, 0.1) is 43.3 Å². The quantitative estimate of drug-likeness (QED) is 0.555. The number of carboxylic acid groups (broad SMARTS) is 1. The van der Waals surface area contributed by atoms with Crippen molar-refractivity contribution in [2.24, 2.45) is 0 Å². The fraction of sp³-hybridized carbons (Fsp3) is 0.542. The van der Waals surface area contributed by atoms with E-state index in [1.807, 2.05) is 25.7 Å². The van der Waals surface area contributed by atoms with Crippen LogP contribution in [-0.2, 0) is 22.5 Å². The van der Waals surface area contributed by atoms with Crippen molar-refractivity contribution in [1.82, 2.24) is 19.9 Å². The van der Waals surface area contributed by atoms with E-state index in [1.54, 1.807) is 11.1 Å². The van der Waals surface area contributed by atoms with Crippen molar-refractivity contribution in [2.45, 2.75) is 58.0 Å². The molecule has 4 heterocycles. The summed E-state index contributed by atoms with van der Waals surface area (Å²) in [6.45, 7) is 7.68. The molecule has 1 N–H and O–H groups in total. The molecule has 0 saturated carbocycles. The fourth-order valence-corrected chi connectivity index (χ4v) is 3.85. The largest absolute Gasteiger partial charge is 0.490 e. The molecule has 2 aliphatic heterocycles. The van der Waals surface area contributed by atoms with E-state index in [1.165, 1.54) is 19.5 Å². The first-order valence-electron chi connectivity index (χ1n) is 11.9. The SMILES string of the molecule is COc1ncc(N2CCc3ncnc(O[C@H]4CCN(C(=O)OC(C)(C)C)C4)c3C2)cc1F.O=C(O)C(F)(F)F. The number of ether oxygens (including phenoxy) is 3. The monoisotopic (exact) mass is 559 g/mol. The summed E-state index contributed by atoms with van der Waals surface area (Å²) in [6, 6.07) is 1.41. The maximum atomic E-state index is 14.1. The molecule has 11 nitrogen and oxygen atoms in total. The van der Waals surface area contributed by atoms with Crippen LogP contribution in [0.15, 0.2) is 18.6 Å². The first-order chi connectivity index (χ1) is 18.2. The Morgan fingerprint density at radius 1 is 1.10 bits per heavy atom. The zero-order chi connectivity index (χ0) is 29.0. The summed E-state index contributed by atoms with van der Waals surface area (Å²) in [6.07, 6.45) is -1.15. The summed E-state index contributed by atoms with van der Waals surface area (Å²) in [5.74, 6) is -2.80. The lowest BCUT2D eigenvalue weighted by atomic mass is 10.1. The number of nitrogens with zero attached hydrogens (tertiary/aromatic N) is 5. The molecule has 2 aliphatic rings.